The zero-order chi connectivity index (χ0) is 13.0. The van der Waals surface area contributed by atoms with E-state index in [9.17, 15) is 0 Å². The van der Waals surface area contributed by atoms with E-state index < -0.39 is 0 Å². The highest BCUT2D eigenvalue weighted by Gasteiger charge is 2.02. The van der Waals surface area contributed by atoms with Gasteiger partial charge in [-0.25, -0.2) is 0 Å². The topological polar surface area (TPSA) is 35.2 Å². The molecule has 0 saturated heterocycles. The molecule has 0 amide bonds. The summed E-state index contributed by atoms with van der Waals surface area (Å²) in [4.78, 5) is 0.359. The molecule has 0 bridgehead atoms. The lowest BCUT2D eigenvalue weighted by Gasteiger charge is -2.08. The van der Waals surface area contributed by atoms with Crippen molar-refractivity contribution >= 4 is 28.8 Å². The average Bonchev–Trinajstić information content (AvgIpc) is 2.38. The van der Waals surface area contributed by atoms with Crippen molar-refractivity contribution in [3.05, 3.63) is 64.7 Å². The molecule has 2 rings (SSSR count). The van der Waals surface area contributed by atoms with E-state index in [1.165, 1.54) is 0 Å². The van der Waals surface area contributed by atoms with Gasteiger partial charge in [0, 0.05) is 16.1 Å². The average molecular weight is 278 g/mol. The molecule has 18 heavy (non-hydrogen) atoms. The lowest BCUT2D eigenvalue weighted by atomic mass is 10.2. The van der Waals surface area contributed by atoms with Crippen LogP contribution in [0.4, 0.5) is 0 Å². The molecule has 92 valence electrons. The Balaban J connectivity index is 2.09. The molecule has 2 nitrogen and oxygen atoms in total. The fourth-order valence-electron chi connectivity index (χ4n) is 1.52. The molecule has 2 aromatic rings. The predicted molar refractivity (Wildman–Crippen MR) is 78.1 cm³/mol. The third-order valence-electron chi connectivity index (χ3n) is 2.47. The Hall–Kier alpha value is -1.58. The number of ether oxygens (including phenoxy) is 1. The van der Waals surface area contributed by atoms with Crippen LogP contribution in [0.3, 0.4) is 0 Å². The Morgan fingerprint density at radius 2 is 1.94 bits per heavy atom. The first-order valence-corrected chi connectivity index (χ1v) is 6.21. The van der Waals surface area contributed by atoms with Gasteiger partial charge < -0.3 is 10.5 Å². The fourth-order valence-corrected chi connectivity index (χ4v) is 1.83. The van der Waals surface area contributed by atoms with Crippen LogP contribution in [0.5, 0.6) is 5.75 Å². The van der Waals surface area contributed by atoms with Crippen LogP contribution in [-0.2, 0) is 6.61 Å². The number of thiocarbonyl (C=S) groups is 1. The van der Waals surface area contributed by atoms with Crippen molar-refractivity contribution in [3.8, 4) is 5.75 Å². The molecule has 2 aromatic carbocycles. The van der Waals surface area contributed by atoms with Gasteiger partial charge in [0.05, 0.1) is 0 Å². The SMILES string of the molecule is NC(=S)c1cccc(OCc2ccccc2Cl)c1. The summed E-state index contributed by atoms with van der Waals surface area (Å²) in [6, 6.07) is 15.0. The molecule has 0 heterocycles. The summed E-state index contributed by atoms with van der Waals surface area (Å²) in [6.07, 6.45) is 0. The Morgan fingerprint density at radius 1 is 1.17 bits per heavy atom. The molecule has 0 aliphatic carbocycles. The maximum atomic E-state index is 6.05. The third-order valence-corrected chi connectivity index (χ3v) is 3.08. The fraction of sp³-hybridized carbons (Fsp3) is 0.0714. The van der Waals surface area contributed by atoms with E-state index in [0.717, 1.165) is 16.9 Å². The van der Waals surface area contributed by atoms with E-state index in [2.05, 4.69) is 0 Å². The van der Waals surface area contributed by atoms with Gasteiger partial charge in [0.25, 0.3) is 0 Å². The minimum absolute atomic E-state index is 0.359. The summed E-state index contributed by atoms with van der Waals surface area (Å²) >= 11 is 11.0. The zero-order valence-corrected chi connectivity index (χ0v) is 11.2. The van der Waals surface area contributed by atoms with Gasteiger partial charge in [-0.05, 0) is 18.2 Å². The second kappa shape index (κ2) is 5.85. The highest BCUT2D eigenvalue weighted by atomic mass is 35.5. The normalized spacial score (nSPS) is 10.1. The highest BCUT2D eigenvalue weighted by molar-refractivity contribution is 7.80. The molecule has 0 aromatic heterocycles. The number of nitrogens with two attached hydrogens (primary N) is 1. The van der Waals surface area contributed by atoms with Gasteiger partial charge in [-0.1, -0.05) is 54.2 Å². The van der Waals surface area contributed by atoms with Crippen molar-refractivity contribution in [1.29, 1.82) is 0 Å². The largest absolute Gasteiger partial charge is 0.489 e. The van der Waals surface area contributed by atoms with Crippen LogP contribution < -0.4 is 10.5 Å². The highest BCUT2D eigenvalue weighted by Crippen LogP contribution is 2.19. The lowest BCUT2D eigenvalue weighted by Crippen LogP contribution is -2.09. The minimum atomic E-state index is 0.359. The molecule has 0 saturated carbocycles. The minimum Gasteiger partial charge on any atom is -0.489 e. The first-order valence-electron chi connectivity index (χ1n) is 5.43. The summed E-state index contributed by atoms with van der Waals surface area (Å²) < 4.78 is 5.66. The molecule has 0 radical (unpaired) electrons. The molecule has 0 spiro atoms. The van der Waals surface area contributed by atoms with Gasteiger partial charge in [0.2, 0.25) is 0 Å². The van der Waals surface area contributed by atoms with Gasteiger partial charge >= 0.3 is 0 Å². The summed E-state index contributed by atoms with van der Waals surface area (Å²) in [7, 11) is 0. The standard InChI is InChI=1S/C14H12ClNOS/c15-13-7-2-1-4-11(13)9-17-12-6-3-5-10(8-12)14(16)18/h1-8H,9H2,(H2,16,18). The molecule has 2 N–H and O–H groups in total. The van der Waals surface area contributed by atoms with Crippen molar-refractivity contribution in [3.63, 3.8) is 0 Å². The summed E-state index contributed by atoms with van der Waals surface area (Å²) in [6.45, 7) is 0.417. The van der Waals surface area contributed by atoms with E-state index in [1.807, 2.05) is 48.5 Å². The summed E-state index contributed by atoms with van der Waals surface area (Å²) in [5.41, 5.74) is 7.31. The van der Waals surface area contributed by atoms with Crippen LogP contribution in [0.25, 0.3) is 0 Å². The molecule has 4 heteroatoms. The van der Waals surface area contributed by atoms with Gasteiger partial charge in [0.1, 0.15) is 17.3 Å². The van der Waals surface area contributed by atoms with E-state index in [4.69, 9.17) is 34.3 Å². The van der Waals surface area contributed by atoms with E-state index in [-0.39, 0.29) is 0 Å². The Kier molecular flexibility index (Phi) is 4.18. The number of halogens is 1. The maximum absolute atomic E-state index is 6.05. The first-order chi connectivity index (χ1) is 8.66. The van der Waals surface area contributed by atoms with Crippen LogP contribution in [0.15, 0.2) is 48.5 Å². The van der Waals surface area contributed by atoms with Crippen LogP contribution >= 0.6 is 23.8 Å². The van der Waals surface area contributed by atoms with Crippen LogP contribution in [0.2, 0.25) is 5.02 Å². The van der Waals surface area contributed by atoms with Crippen molar-refractivity contribution in [2.24, 2.45) is 5.73 Å². The Labute approximate surface area is 116 Å². The number of rotatable bonds is 4. The Morgan fingerprint density at radius 3 is 2.67 bits per heavy atom. The second-order valence-electron chi connectivity index (χ2n) is 3.77. The zero-order valence-electron chi connectivity index (χ0n) is 9.60. The monoisotopic (exact) mass is 277 g/mol. The summed E-state index contributed by atoms with van der Waals surface area (Å²) in [5, 5.41) is 0.697. The van der Waals surface area contributed by atoms with Crippen molar-refractivity contribution in [1.82, 2.24) is 0 Å². The second-order valence-corrected chi connectivity index (χ2v) is 4.62. The molecule has 0 unspecified atom stereocenters. The molecule has 0 aliphatic heterocycles. The molecule has 0 atom stereocenters. The molecular weight excluding hydrogens is 266 g/mol. The van der Waals surface area contributed by atoms with E-state index in [1.54, 1.807) is 0 Å². The third kappa shape index (κ3) is 3.22. The van der Waals surface area contributed by atoms with Crippen molar-refractivity contribution in [2.75, 3.05) is 0 Å². The van der Waals surface area contributed by atoms with Gasteiger partial charge in [-0.3, -0.25) is 0 Å². The number of hydrogen-bond donors (Lipinski definition) is 1. The van der Waals surface area contributed by atoms with Gasteiger partial charge in [-0.2, -0.15) is 0 Å². The lowest BCUT2D eigenvalue weighted by molar-refractivity contribution is 0.306. The molecule has 0 fully saturated rings. The van der Waals surface area contributed by atoms with Gasteiger partial charge in [-0.15, -0.1) is 0 Å². The number of hydrogen-bond acceptors (Lipinski definition) is 2. The van der Waals surface area contributed by atoms with E-state index in [0.29, 0.717) is 16.6 Å². The Bertz CT molecular complexity index is 571. The van der Waals surface area contributed by atoms with Crippen molar-refractivity contribution in [2.45, 2.75) is 6.61 Å². The van der Waals surface area contributed by atoms with E-state index >= 15 is 0 Å². The molecule has 0 aliphatic rings. The summed E-state index contributed by atoms with van der Waals surface area (Å²) in [5.74, 6) is 0.722. The predicted octanol–water partition coefficient (Wildman–Crippen LogP) is 3.55. The quantitative estimate of drug-likeness (QED) is 0.868. The first kappa shape index (κ1) is 12.9. The van der Waals surface area contributed by atoms with Crippen molar-refractivity contribution < 1.29 is 4.74 Å². The molecular formula is C14H12ClNOS. The van der Waals surface area contributed by atoms with Crippen LogP contribution in [0.1, 0.15) is 11.1 Å². The van der Waals surface area contributed by atoms with Crippen LogP contribution in [-0.4, -0.2) is 4.99 Å². The van der Waals surface area contributed by atoms with Crippen LogP contribution in [0, 0.1) is 0 Å². The number of benzene rings is 2. The smallest absolute Gasteiger partial charge is 0.120 e. The maximum Gasteiger partial charge on any atom is 0.120 e. The van der Waals surface area contributed by atoms with Gasteiger partial charge in [0.15, 0.2) is 0 Å².